The van der Waals surface area contributed by atoms with E-state index in [1.165, 1.54) is 6.07 Å². The Balaban J connectivity index is 2.16. The second-order valence-corrected chi connectivity index (χ2v) is 5.95. The molecule has 0 aliphatic heterocycles. The lowest BCUT2D eigenvalue weighted by atomic mass is 10.0. The fourth-order valence-corrected chi connectivity index (χ4v) is 3.20. The fourth-order valence-electron chi connectivity index (χ4n) is 2.54. The molecule has 2 aromatic carbocycles. The second-order valence-electron chi connectivity index (χ2n) is 5.03. The van der Waals surface area contributed by atoms with Gasteiger partial charge in [0.15, 0.2) is 0 Å². The summed E-state index contributed by atoms with van der Waals surface area (Å²) in [6, 6.07) is 12.4. The van der Waals surface area contributed by atoms with Crippen LogP contribution in [0.3, 0.4) is 0 Å². The zero-order chi connectivity index (χ0) is 15.1. The molecule has 0 amide bonds. The average molecular weight is 349 g/mol. The van der Waals surface area contributed by atoms with Crippen LogP contribution in [0, 0.1) is 5.82 Å². The maximum atomic E-state index is 13.9. The number of rotatable bonds is 2. The summed E-state index contributed by atoms with van der Waals surface area (Å²) in [5, 5.41) is 0. The fraction of sp³-hybridized carbons (Fsp3) is 0.188. The zero-order valence-electron chi connectivity index (χ0n) is 11.7. The Kier molecular flexibility index (Phi) is 3.45. The molecule has 0 saturated heterocycles. The zero-order valence-corrected chi connectivity index (χ0v) is 13.3. The van der Waals surface area contributed by atoms with Crippen molar-refractivity contribution in [3.05, 3.63) is 69.9 Å². The Morgan fingerprint density at radius 3 is 2.43 bits per heavy atom. The number of alkyl halides is 1. The first-order chi connectivity index (χ1) is 10.0. The van der Waals surface area contributed by atoms with Crippen LogP contribution in [0.2, 0.25) is 0 Å². The van der Waals surface area contributed by atoms with E-state index in [0.717, 1.165) is 16.6 Å². The molecule has 1 atom stereocenters. The molecule has 0 N–H and O–H groups in total. The molecule has 0 radical (unpaired) electrons. The van der Waals surface area contributed by atoms with Gasteiger partial charge >= 0.3 is 5.69 Å². The maximum Gasteiger partial charge on any atom is 0.328 e. The van der Waals surface area contributed by atoms with Crippen molar-refractivity contribution < 1.29 is 4.39 Å². The Labute approximate surface area is 129 Å². The van der Waals surface area contributed by atoms with Crippen LogP contribution in [0.15, 0.2) is 47.3 Å². The van der Waals surface area contributed by atoms with Crippen molar-refractivity contribution in [2.24, 2.45) is 14.1 Å². The SMILES string of the molecule is Cn1c(=O)n(C)c2cc(C(Br)c3ccccc3F)ccc21. The van der Waals surface area contributed by atoms with E-state index in [1.54, 1.807) is 35.4 Å². The largest absolute Gasteiger partial charge is 0.328 e. The Hall–Kier alpha value is -1.88. The summed E-state index contributed by atoms with van der Waals surface area (Å²) in [5.41, 5.74) is 3.12. The van der Waals surface area contributed by atoms with E-state index in [9.17, 15) is 9.18 Å². The second kappa shape index (κ2) is 5.15. The number of aryl methyl sites for hydroxylation is 2. The molecule has 0 saturated carbocycles. The van der Waals surface area contributed by atoms with Gasteiger partial charge in [-0.1, -0.05) is 40.2 Å². The molecule has 3 aromatic rings. The number of halogens is 2. The summed E-state index contributed by atoms with van der Waals surface area (Å²) in [5.74, 6) is -0.249. The van der Waals surface area contributed by atoms with Gasteiger partial charge < -0.3 is 0 Å². The van der Waals surface area contributed by atoms with Crippen LogP contribution >= 0.6 is 15.9 Å². The van der Waals surface area contributed by atoms with Gasteiger partial charge in [-0.3, -0.25) is 9.13 Å². The summed E-state index contributed by atoms with van der Waals surface area (Å²) in [4.78, 5) is 11.7. The first-order valence-corrected chi connectivity index (χ1v) is 7.46. The van der Waals surface area contributed by atoms with Crippen molar-refractivity contribution in [3.63, 3.8) is 0 Å². The summed E-state index contributed by atoms with van der Waals surface area (Å²) in [7, 11) is 3.48. The Morgan fingerprint density at radius 1 is 1.05 bits per heavy atom. The van der Waals surface area contributed by atoms with E-state index >= 15 is 0 Å². The molecular formula is C16H14BrFN2O. The molecule has 0 bridgehead atoms. The van der Waals surface area contributed by atoms with Crippen molar-refractivity contribution in [2.75, 3.05) is 0 Å². The van der Waals surface area contributed by atoms with E-state index in [0.29, 0.717) is 5.56 Å². The van der Waals surface area contributed by atoms with Crippen molar-refractivity contribution >= 4 is 27.0 Å². The highest BCUT2D eigenvalue weighted by Gasteiger charge is 2.16. The van der Waals surface area contributed by atoms with Gasteiger partial charge in [0.2, 0.25) is 0 Å². The quantitative estimate of drug-likeness (QED) is 0.651. The third-order valence-electron chi connectivity index (χ3n) is 3.77. The van der Waals surface area contributed by atoms with Crippen LogP contribution in [0.5, 0.6) is 0 Å². The van der Waals surface area contributed by atoms with Crippen LogP contribution in [-0.4, -0.2) is 9.13 Å². The van der Waals surface area contributed by atoms with Crippen LogP contribution in [0.4, 0.5) is 4.39 Å². The maximum absolute atomic E-state index is 13.9. The number of hydrogen-bond donors (Lipinski definition) is 0. The molecule has 1 unspecified atom stereocenters. The molecule has 0 aliphatic carbocycles. The molecule has 21 heavy (non-hydrogen) atoms. The highest BCUT2D eigenvalue weighted by Crippen LogP contribution is 2.33. The predicted octanol–water partition coefficient (Wildman–Crippen LogP) is 3.50. The molecule has 1 heterocycles. The number of hydrogen-bond acceptors (Lipinski definition) is 1. The van der Waals surface area contributed by atoms with Gasteiger partial charge in [0.25, 0.3) is 0 Å². The standard InChI is InChI=1S/C16H14BrFN2O/c1-19-13-8-7-10(9-14(13)20(2)16(19)21)15(17)11-5-3-4-6-12(11)18/h3-9,15H,1-2H3. The normalized spacial score (nSPS) is 12.8. The number of fused-ring (bicyclic) bond motifs is 1. The minimum Gasteiger partial charge on any atom is -0.295 e. The Bertz CT molecular complexity index is 882. The van der Waals surface area contributed by atoms with Gasteiger partial charge in [0.1, 0.15) is 5.82 Å². The average Bonchev–Trinajstić information content (AvgIpc) is 2.71. The van der Waals surface area contributed by atoms with Crippen molar-refractivity contribution in [3.8, 4) is 0 Å². The highest BCUT2D eigenvalue weighted by molar-refractivity contribution is 9.09. The van der Waals surface area contributed by atoms with E-state index in [2.05, 4.69) is 15.9 Å². The molecular weight excluding hydrogens is 335 g/mol. The minimum absolute atomic E-state index is 0.0702. The summed E-state index contributed by atoms with van der Waals surface area (Å²) in [6.45, 7) is 0. The van der Waals surface area contributed by atoms with Gasteiger partial charge in [-0.15, -0.1) is 0 Å². The van der Waals surface area contributed by atoms with Gasteiger partial charge in [0, 0.05) is 19.7 Å². The van der Waals surface area contributed by atoms with E-state index in [4.69, 9.17) is 0 Å². The smallest absolute Gasteiger partial charge is 0.295 e. The molecule has 0 aliphatic rings. The molecule has 1 aromatic heterocycles. The van der Waals surface area contributed by atoms with Gasteiger partial charge in [0.05, 0.1) is 15.9 Å². The summed E-state index contributed by atoms with van der Waals surface area (Å²) in [6.07, 6.45) is 0. The molecule has 3 rings (SSSR count). The number of aromatic nitrogens is 2. The monoisotopic (exact) mass is 348 g/mol. The number of imidazole rings is 1. The predicted molar refractivity (Wildman–Crippen MR) is 85.3 cm³/mol. The topological polar surface area (TPSA) is 26.9 Å². The molecule has 108 valence electrons. The third-order valence-corrected chi connectivity index (χ3v) is 4.79. The van der Waals surface area contributed by atoms with Crippen LogP contribution in [0.1, 0.15) is 16.0 Å². The lowest BCUT2D eigenvalue weighted by Crippen LogP contribution is -2.19. The van der Waals surface area contributed by atoms with Crippen LogP contribution in [0.25, 0.3) is 11.0 Å². The third kappa shape index (κ3) is 2.21. The first kappa shape index (κ1) is 14.1. The van der Waals surface area contributed by atoms with Crippen molar-refractivity contribution in [1.82, 2.24) is 9.13 Å². The van der Waals surface area contributed by atoms with Crippen LogP contribution in [-0.2, 0) is 14.1 Å². The molecule has 3 nitrogen and oxygen atoms in total. The molecule has 0 fully saturated rings. The van der Waals surface area contributed by atoms with Crippen LogP contribution < -0.4 is 5.69 Å². The minimum atomic E-state index is -0.251. The molecule has 0 spiro atoms. The highest BCUT2D eigenvalue weighted by atomic mass is 79.9. The first-order valence-electron chi connectivity index (χ1n) is 6.54. The summed E-state index contributed by atoms with van der Waals surface area (Å²) < 4.78 is 17.1. The summed E-state index contributed by atoms with van der Waals surface area (Å²) >= 11 is 3.55. The Morgan fingerprint density at radius 2 is 1.71 bits per heavy atom. The van der Waals surface area contributed by atoms with E-state index in [-0.39, 0.29) is 16.3 Å². The van der Waals surface area contributed by atoms with Crippen molar-refractivity contribution in [2.45, 2.75) is 4.83 Å². The van der Waals surface area contributed by atoms with Crippen molar-refractivity contribution in [1.29, 1.82) is 0 Å². The van der Waals surface area contributed by atoms with E-state index in [1.807, 2.05) is 24.3 Å². The number of nitrogens with zero attached hydrogens (tertiary/aromatic N) is 2. The van der Waals surface area contributed by atoms with Gasteiger partial charge in [-0.05, 0) is 23.8 Å². The molecule has 5 heteroatoms. The van der Waals surface area contributed by atoms with E-state index < -0.39 is 0 Å². The lowest BCUT2D eigenvalue weighted by molar-refractivity contribution is 0.613. The lowest BCUT2D eigenvalue weighted by Gasteiger charge is -2.12. The van der Waals surface area contributed by atoms with Gasteiger partial charge in [-0.2, -0.15) is 0 Å². The number of benzene rings is 2. The van der Waals surface area contributed by atoms with Gasteiger partial charge in [-0.25, -0.2) is 9.18 Å².